The Kier molecular flexibility index (Phi) is 6.53. The highest BCUT2D eigenvalue weighted by Gasteiger charge is 2.17. The van der Waals surface area contributed by atoms with Gasteiger partial charge >= 0.3 is 0 Å². The Bertz CT molecular complexity index is 387. The van der Waals surface area contributed by atoms with Gasteiger partial charge in [0.25, 0.3) is 5.91 Å². The molecule has 4 nitrogen and oxygen atoms in total. The van der Waals surface area contributed by atoms with Crippen molar-refractivity contribution in [3.63, 3.8) is 0 Å². The van der Waals surface area contributed by atoms with E-state index in [4.69, 9.17) is 9.84 Å². The van der Waals surface area contributed by atoms with Crippen LogP contribution in [0.25, 0.3) is 0 Å². The Morgan fingerprint density at radius 2 is 1.95 bits per heavy atom. The number of carbonyl (C=O) groups is 1. The number of aliphatic hydroxyl groups is 1. The van der Waals surface area contributed by atoms with Crippen LogP contribution in [0.15, 0.2) is 24.3 Å². The maximum atomic E-state index is 12.4. The molecule has 0 atom stereocenters. The molecule has 0 aliphatic rings. The highest BCUT2D eigenvalue weighted by molar-refractivity contribution is 5.94. The largest absolute Gasteiger partial charge is 0.396 e. The second-order valence-electron chi connectivity index (χ2n) is 4.80. The van der Waals surface area contributed by atoms with E-state index in [1.54, 1.807) is 12.0 Å². The summed E-state index contributed by atoms with van der Waals surface area (Å²) in [6.07, 6.45) is 0.603. The molecule has 0 heterocycles. The van der Waals surface area contributed by atoms with Crippen LogP contribution in [0, 0.1) is 0 Å². The van der Waals surface area contributed by atoms with Gasteiger partial charge in [0, 0.05) is 31.9 Å². The topological polar surface area (TPSA) is 49.8 Å². The van der Waals surface area contributed by atoms with Gasteiger partial charge in [0.2, 0.25) is 0 Å². The lowest BCUT2D eigenvalue weighted by molar-refractivity contribution is 0.0693. The van der Waals surface area contributed by atoms with Crippen molar-refractivity contribution in [2.75, 3.05) is 20.3 Å². The Labute approximate surface area is 115 Å². The molecule has 106 valence electrons. The zero-order valence-corrected chi connectivity index (χ0v) is 11.9. The average molecular weight is 265 g/mol. The third-order valence-electron chi connectivity index (χ3n) is 2.95. The molecule has 0 aliphatic carbocycles. The number of hydrogen-bond acceptors (Lipinski definition) is 3. The van der Waals surface area contributed by atoms with Gasteiger partial charge in [-0.2, -0.15) is 0 Å². The summed E-state index contributed by atoms with van der Waals surface area (Å²) in [5, 5.41) is 8.89. The summed E-state index contributed by atoms with van der Waals surface area (Å²) >= 11 is 0. The summed E-state index contributed by atoms with van der Waals surface area (Å²) in [6, 6.07) is 7.58. The van der Waals surface area contributed by atoms with Gasteiger partial charge in [0.1, 0.15) is 0 Å². The fraction of sp³-hybridized carbons (Fsp3) is 0.533. The molecule has 0 unspecified atom stereocenters. The summed E-state index contributed by atoms with van der Waals surface area (Å²) in [7, 11) is 1.65. The predicted molar refractivity (Wildman–Crippen MR) is 75.0 cm³/mol. The monoisotopic (exact) mass is 265 g/mol. The number of methoxy groups -OCH3 is 1. The maximum absolute atomic E-state index is 12.4. The highest BCUT2D eigenvalue weighted by atomic mass is 16.5. The smallest absolute Gasteiger partial charge is 0.254 e. The number of aliphatic hydroxyl groups excluding tert-OH is 1. The third kappa shape index (κ3) is 4.65. The molecule has 1 rings (SSSR count). The van der Waals surface area contributed by atoms with Crippen molar-refractivity contribution in [1.82, 2.24) is 4.90 Å². The minimum absolute atomic E-state index is 0.00687. The fourth-order valence-corrected chi connectivity index (χ4v) is 1.91. The molecule has 0 spiro atoms. The van der Waals surface area contributed by atoms with Gasteiger partial charge in [0.15, 0.2) is 0 Å². The normalized spacial score (nSPS) is 10.8. The van der Waals surface area contributed by atoms with E-state index in [1.807, 2.05) is 38.1 Å². The Hall–Kier alpha value is -1.39. The van der Waals surface area contributed by atoms with Crippen LogP contribution in [-0.2, 0) is 11.3 Å². The summed E-state index contributed by atoms with van der Waals surface area (Å²) in [5.41, 5.74) is 1.72. The zero-order chi connectivity index (χ0) is 14.3. The lowest BCUT2D eigenvalue weighted by Crippen LogP contribution is -2.38. The van der Waals surface area contributed by atoms with Crippen molar-refractivity contribution in [3.8, 4) is 0 Å². The molecule has 0 aliphatic heterocycles. The van der Waals surface area contributed by atoms with Crippen LogP contribution in [0.1, 0.15) is 36.2 Å². The van der Waals surface area contributed by atoms with Gasteiger partial charge in [-0.05, 0) is 38.0 Å². The molecule has 0 saturated heterocycles. The number of hydrogen-bond donors (Lipinski definition) is 1. The van der Waals surface area contributed by atoms with E-state index in [9.17, 15) is 4.79 Å². The fourth-order valence-electron chi connectivity index (χ4n) is 1.91. The number of nitrogens with zero attached hydrogens (tertiary/aromatic N) is 1. The molecule has 4 heteroatoms. The molecule has 19 heavy (non-hydrogen) atoms. The molecular formula is C15H23NO3. The molecule has 0 saturated carbocycles. The predicted octanol–water partition coefficient (Wildman–Crippen LogP) is 2.07. The van der Waals surface area contributed by atoms with Gasteiger partial charge in [-0.15, -0.1) is 0 Å². The third-order valence-corrected chi connectivity index (χ3v) is 2.95. The van der Waals surface area contributed by atoms with E-state index in [2.05, 4.69) is 0 Å². The highest BCUT2D eigenvalue weighted by Crippen LogP contribution is 2.11. The molecule has 1 aromatic carbocycles. The van der Waals surface area contributed by atoms with Crippen molar-refractivity contribution in [2.45, 2.75) is 32.9 Å². The molecule has 1 N–H and O–H groups in total. The average Bonchev–Trinajstić information content (AvgIpc) is 2.40. The van der Waals surface area contributed by atoms with Gasteiger partial charge in [0.05, 0.1) is 6.61 Å². The first-order valence-electron chi connectivity index (χ1n) is 6.59. The summed E-state index contributed by atoms with van der Waals surface area (Å²) < 4.78 is 5.04. The quantitative estimate of drug-likeness (QED) is 0.821. The first kappa shape index (κ1) is 15.7. The van der Waals surface area contributed by atoms with Crippen LogP contribution in [0.5, 0.6) is 0 Å². The van der Waals surface area contributed by atoms with Gasteiger partial charge in [-0.3, -0.25) is 4.79 Å². The number of benzene rings is 1. The van der Waals surface area contributed by atoms with E-state index in [0.717, 1.165) is 5.56 Å². The lowest BCUT2D eigenvalue weighted by Gasteiger charge is -2.26. The number of carbonyl (C=O) groups excluding carboxylic acids is 1. The molecule has 1 amide bonds. The van der Waals surface area contributed by atoms with E-state index >= 15 is 0 Å². The van der Waals surface area contributed by atoms with E-state index in [0.29, 0.717) is 25.1 Å². The SMILES string of the molecule is COCc1ccc(C(=O)N(CCCO)C(C)C)cc1. The number of amides is 1. The van der Waals surface area contributed by atoms with E-state index in [-0.39, 0.29) is 18.6 Å². The van der Waals surface area contributed by atoms with Crippen LogP contribution in [-0.4, -0.2) is 42.2 Å². The van der Waals surface area contributed by atoms with Crippen molar-refractivity contribution >= 4 is 5.91 Å². The minimum atomic E-state index is 0.00687. The lowest BCUT2D eigenvalue weighted by atomic mass is 10.1. The van der Waals surface area contributed by atoms with E-state index in [1.165, 1.54) is 0 Å². The van der Waals surface area contributed by atoms with Crippen molar-refractivity contribution < 1.29 is 14.6 Å². The molecule has 0 fully saturated rings. The van der Waals surface area contributed by atoms with Gasteiger partial charge < -0.3 is 14.7 Å². The second-order valence-corrected chi connectivity index (χ2v) is 4.80. The molecule has 1 aromatic rings. The van der Waals surface area contributed by atoms with E-state index < -0.39 is 0 Å². The van der Waals surface area contributed by atoms with Gasteiger partial charge in [-0.25, -0.2) is 0 Å². The summed E-state index contributed by atoms with van der Waals surface area (Å²) in [6.45, 7) is 5.19. The van der Waals surface area contributed by atoms with Crippen molar-refractivity contribution in [1.29, 1.82) is 0 Å². The second kappa shape index (κ2) is 7.92. The first-order valence-corrected chi connectivity index (χ1v) is 6.59. The molecule has 0 bridgehead atoms. The van der Waals surface area contributed by atoms with Crippen LogP contribution >= 0.6 is 0 Å². The molecular weight excluding hydrogens is 242 g/mol. The van der Waals surface area contributed by atoms with Crippen molar-refractivity contribution in [2.24, 2.45) is 0 Å². The van der Waals surface area contributed by atoms with Crippen molar-refractivity contribution in [3.05, 3.63) is 35.4 Å². The van der Waals surface area contributed by atoms with Crippen LogP contribution < -0.4 is 0 Å². The van der Waals surface area contributed by atoms with Gasteiger partial charge in [-0.1, -0.05) is 12.1 Å². The van der Waals surface area contributed by atoms with Crippen LogP contribution in [0.3, 0.4) is 0 Å². The Morgan fingerprint density at radius 1 is 1.32 bits per heavy atom. The molecule has 0 aromatic heterocycles. The minimum Gasteiger partial charge on any atom is -0.396 e. The summed E-state index contributed by atoms with van der Waals surface area (Å²) in [5.74, 6) is 0.00687. The number of ether oxygens (including phenoxy) is 1. The van der Waals surface area contributed by atoms with Crippen LogP contribution in [0.4, 0.5) is 0 Å². The van der Waals surface area contributed by atoms with Crippen LogP contribution in [0.2, 0.25) is 0 Å². The number of rotatable bonds is 7. The molecule has 0 radical (unpaired) electrons. The standard InChI is InChI=1S/C15H23NO3/c1-12(2)16(9-4-10-17)15(18)14-7-5-13(6-8-14)11-19-3/h5-8,12,17H,4,9-11H2,1-3H3. The Morgan fingerprint density at radius 3 is 2.42 bits per heavy atom. The first-order chi connectivity index (χ1) is 9.10. The zero-order valence-electron chi connectivity index (χ0n) is 11.9. The maximum Gasteiger partial charge on any atom is 0.254 e. The Balaban J connectivity index is 2.78. The summed E-state index contributed by atoms with van der Waals surface area (Å²) in [4.78, 5) is 14.2.